The quantitative estimate of drug-likeness (QED) is 0.926. The van der Waals surface area contributed by atoms with E-state index in [1.54, 1.807) is 0 Å². The van der Waals surface area contributed by atoms with E-state index in [0.29, 0.717) is 12.5 Å². The zero-order valence-electron chi connectivity index (χ0n) is 14.7. The molecule has 6 heteroatoms. The summed E-state index contributed by atoms with van der Waals surface area (Å²) in [6.45, 7) is 10.9. The van der Waals surface area contributed by atoms with Crippen molar-refractivity contribution in [3.63, 3.8) is 0 Å². The fourth-order valence-electron chi connectivity index (χ4n) is 2.66. The molecule has 1 aliphatic heterocycles. The fourth-order valence-corrected chi connectivity index (χ4v) is 3.44. The predicted molar refractivity (Wildman–Crippen MR) is 97.8 cm³/mol. The first-order valence-electron chi connectivity index (χ1n) is 8.27. The minimum atomic E-state index is 0.0213. The Morgan fingerprint density at radius 1 is 1.25 bits per heavy atom. The largest absolute Gasteiger partial charge is 0.354 e. The van der Waals surface area contributed by atoms with Crippen LogP contribution < -0.4 is 10.2 Å². The molecule has 128 valence electrons. The Kier molecular flexibility index (Phi) is 4.58. The number of anilines is 1. The molecule has 0 aliphatic carbocycles. The van der Waals surface area contributed by atoms with Gasteiger partial charge in [-0.3, -0.25) is 4.79 Å². The third-order valence-electron chi connectivity index (χ3n) is 4.22. The molecule has 0 unspecified atom stereocenters. The van der Waals surface area contributed by atoms with E-state index in [1.165, 1.54) is 11.3 Å². The molecule has 3 rings (SSSR count). The van der Waals surface area contributed by atoms with E-state index in [-0.39, 0.29) is 11.3 Å². The average Bonchev–Trinajstić information content (AvgIpc) is 2.91. The van der Waals surface area contributed by atoms with Crippen LogP contribution in [0.5, 0.6) is 0 Å². The van der Waals surface area contributed by atoms with Crippen LogP contribution >= 0.6 is 11.3 Å². The summed E-state index contributed by atoms with van der Waals surface area (Å²) in [5, 5.41) is 11.7. The summed E-state index contributed by atoms with van der Waals surface area (Å²) < 4.78 is 0. The third-order valence-corrected chi connectivity index (χ3v) is 5.21. The van der Waals surface area contributed by atoms with Gasteiger partial charge in [0, 0.05) is 35.8 Å². The molecule has 1 saturated heterocycles. The van der Waals surface area contributed by atoms with Crippen molar-refractivity contribution >= 4 is 23.1 Å². The SMILES string of the molecule is Cc1ccc(C(=O)NCC2CN(c3ccc(C(C)(C)C)nn3)C2)s1. The van der Waals surface area contributed by atoms with Crippen LogP contribution in [0.15, 0.2) is 24.3 Å². The van der Waals surface area contributed by atoms with Gasteiger partial charge < -0.3 is 10.2 Å². The molecule has 0 aromatic carbocycles. The minimum Gasteiger partial charge on any atom is -0.354 e. The van der Waals surface area contributed by atoms with E-state index < -0.39 is 0 Å². The monoisotopic (exact) mass is 344 g/mol. The molecule has 2 aromatic heterocycles. The van der Waals surface area contributed by atoms with Crippen LogP contribution in [0.3, 0.4) is 0 Å². The Bertz CT molecular complexity index is 711. The molecule has 0 spiro atoms. The second kappa shape index (κ2) is 6.51. The van der Waals surface area contributed by atoms with E-state index in [9.17, 15) is 4.79 Å². The number of hydrogen-bond donors (Lipinski definition) is 1. The normalized spacial score (nSPS) is 15.2. The van der Waals surface area contributed by atoms with Crippen LogP contribution in [0.2, 0.25) is 0 Å². The summed E-state index contributed by atoms with van der Waals surface area (Å²) in [6, 6.07) is 7.95. The summed E-state index contributed by atoms with van der Waals surface area (Å²) in [4.78, 5) is 16.2. The van der Waals surface area contributed by atoms with Gasteiger partial charge in [-0.1, -0.05) is 20.8 Å². The number of nitrogens with zero attached hydrogens (tertiary/aromatic N) is 3. The number of amides is 1. The molecule has 0 atom stereocenters. The maximum atomic E-state index is 12.0. The highest BCUT2D eigenvalue weighted by molar-refractivity contribution is 7.13. The van der Waals surface area contributed by atoms with Gasteiger partial charge in [-0.25, -0.2) is 0 Å². The van der Waals surface area contributed by atoms with Crippen LogP contribution in [-0.2, 0) is 5.41 Å². The molecule has 2 aromatic rings. The Hall–Kier alpha value is -1.95. The van der Waals surface area contributed by atoms with Crippen LogP contribution in [0.4, 0.5) is 5.82 Å². The average molecular weight is 344 g/mol. The molecular weight excluding hydrogens is 320 g/mol. The van der Waals surface area contributed by atoms with E-state index in [1.807, 2.05) is 25.1 Å². The number of thiophene rings is 1. The van der Waals surface area contributed by atoms with E-state index in [4.69, 9.17) is 0 Å². The summed E-state index contributed by atoms with van der Waals surface area (Å²) >= 11 is 1.53. The molecule has 1 aliphatic rings. The Morgan fingerprint density at radius 2 is 2.00 bits per heavy atom. The Morgan fingerprint density at radius 3 is 2.54 bits per heavy atom. The van der Waals surface area contributed by atoms with Crippen molar-refractivity contribution in [3.8, 4) is 0 Å². The zero-order chi connectivity index (χ0) is 17.3. The molecular formula is C18H24N4OS. The number of aryl methyl sites for hydroxylation is 1. The van der Waals surface area contributed by atoms with Crippen molar-refractivity contribution in [2.24, 2.45) is 5.92 Å². The first-order chi connectivity index (χ1) is 11.3. The number of carbonyl (C=O) groups excluding carboxylic acids is 1. The molecule has 1 amide bonds. The lowest BCUT2D eigenvalue weighted by Gasteiger charge is -2.40. The van der Waals surface area contributed by atoms with Gasteiger partial charge in [-0.15, -0.1) is 16.4 Å². The standard InChI is InChI=1S/C18H24N4OS/c1-12-5-6-14(24-12)17(23)19-9-13-10-22(11-13)16-8-7-15(20-21-16)18(2,3)4/h5-8,13H,9-11H2,1-4H3,(H,19,23). The van der Waals surface area contributed by atoms with E-state index in [0.717, 1.165) is 34.4 Å². The van der Waals surface area contributed by atoms with E-state index >= 15 is 0 Å². The fraction of sp³-hybridized carbons (Fsp3) is 0.500. The molecule has 5 nitrogen and oxygen atoms in total. The van der Waals surface area contributed by atoms with Crippen LogP contribution in [-0.4, -0.2) is 35.7 Å². The molecule has 0 saturated carbocycles. The Labute approximate surface area is 147 Å². The van der Waals surface area contributed by atoms with Gasteiger partial charge in [-0.05, 0) is 31.2 Å². The summed E-state index contributed by atoms with van der Waals surface area (Å²) in [6.07, 6.45) is 0. The van der Waals surface area contributed by atoms with Gasteiger partial charge in [0.15, 0.2) is 5.82 Å². The lowest BCUT2D eigenvalue weighted by molar-refractivity contribution is 0.0948. The first kappa shape index (κ1) is 16.9. The maximum Gasteiger partial charge on any atom is 0.261 e. The highest BCUT2D eigenvalue weighted by Crippen LogP contribution is 2.25. The number of rotatable bonds is 4. The first-order valence-corrected chi connectivity index (χ1v) is 9.08. The minimum absolute atomic E-state index is 0.0213. The van der Waals surface area contributed by atoms with Crippen LogP contribution in [0.1, 0.15) is 41.0 Å². The number of hydrogen-bond acceptors (Lipinski definition) is 5. The van der Waals surface area contributed by atoms with Crippen molar-refractivity contribution in [1.29, 1.82) is 0 Å². The number of aromatic nitrogens is 2. The molecule has 3 heterocycles. The van der Waals surface area contributed by atoms with Crippen LogP contribution in [0.25, 0.3) is 0 Å². The van der Waals surface area contributed by atoms with Crippen molar-refractivity contribution in [2.45, 2.75) is 33.1 Å². The molecule has 1 N–H and O–H groups in total. The molecule has 0 bridgehead atoms. The molecule has 1 fully saturated rings. The zero-order valence-corrected chi connectivity index (χ0v) is 15.5. The van der Waals surface area contributed by atoms with Crippen molar-refractivity contribution < 1.29 is 4.79 Å². The van der Waals surface area contributed by atoms with Crippen LogP contribution in [0, 0.1) is 12.8 Å². The van der Waals surface area contributed by atoms with Gasteiger partial charge in [0.05, 0.1) is 10.6 Å². The van der Waals surface area contributed by atoms with Crippen molar-refractivity contribution in [2.75, 3.05) is 24.5 Å². The topological polar surface area (TPSA) is 58.1 Å². The molecule has 24 heavy (non-hydrogen) atoms. The lowest BCUT2D eigenvalue weighted by atomic mass is 9.92. The van der Waals surface area contributed by atoms with Crippen molar-refractivity contribution in [3.05, 3.63) is 39.7 Å². The lowest BCUT2D eigenvalue weighted by Crippen LogP contribution is -2.51. The van der Waals surface area contributed by atoms with Gasteiger partial charge in [0.2, 0.25) is 0 Å². The second-order valence-corrected chi connectivity index (χ2v) is 8.71. The smallest absolute Gasteiger partial charge is 0.261 e. The number of nitrogens with one attached hydrogen (secondary N) is 1. The maximum absolute atomic E-state index is 12.0. The predicted octanol–water partition coefficient (Wildman–Crippen LogP) is 3.01. The van der Waals surface area contributed by atoms with Gasteiger partial charge in [0.1, 0.15) is 0 Å². The van der Waals surface area contributed by atoms with Gasteiger partial charge in [0.25, 0.3) is 5.91 Å². The van der Waals surface area contributed by atoms with Crippen molar-refractivity contribution in [1.82, 2.24) is 15.5 Å². The summed E-state index contributed by atoms with van der Waals surface area (Å²) in [7, 11) is 0. The third kappa shape index (κ3) is 3.75. The second-order valence-electron chi connectivity index (χ2n) is 7.42. The van der Waals surface area contributed by atoms with E-state index in [2.05, 4.69) is 47.3 Å². The number of carbonyl (C=O) groups is 1. The highest BCUT2D eigenvalue weighted by atomic mass is 32.1. The molecule has 0 radical (unpaired) electrons. The summed E-state index contributed by atoms with van der Waals surface area (Å²) in [5.74, 6) is 1.42. The van der Waals surface area contributed by atoms with Gasteiger partial charge >= 0.3 is 0 Å². The van der Waals surface area contributed by atoms with Gasteiger partial charge in [-0.2, -0.15) is 5.10 Å². The Balaban J connectivity index is 1.46. The summed E-state index contributed by atoms with van der Waals surface area (Å²) in [5.41, 5.74) is 1.02. The highest BCUT2D eigenvalue weighted by Gasteiger charge is 2.28.